The summed E-state index contributed by atoms with van der Waals surface area (Å²) >= 11 is 6.10. The quantitative estimate of drug-likeness (QED) is 0.886. The minimum atomic E-state index is 0.357. The van der Waals surface area contributed by atoms with Gasteiger partial charge in [0.25, 0.3) is 0 Å². The lowest BCUT2D eigenvalue weighted by Gasteiger charge is -2.11. The highest BCUT2D eigenvalue weighted by Crippen LogP contribution is 2.26. The Morgan fingerprint density at radius 1 is 1.40 bits per heavy atom. The predicted molar refractivity (Wildman–Crippen MR) is 80.9 cm³/mol. The van der Waals surface area contributed by atoms with E-state index in [2.05, 4.69) is 18.9 Å². The lowest BCUT2D eigenvalue weighted by Crippen LogP contribution is -2.07. The van der Waals surface area contributed by atoms with Gasteiger partial charge in [-0.15, -0.1) is 0 Å². The highest BCUT2D eigenvalue weighted by Gasteiger charge is 2.09. The van der Waals surface area contributed by atoms with E-state index in [1.54, 1.807) is 0 Å². The summed E-state index contributed by atoms with van der Waals surface area (Å²) in [5, 5.41) is 5.14. The van der Waals surface area contributed by atoms with Gasteiger partial charge in [-0.1, -0.05) is 24.6 Å². The number of benzene rings is 1. The van der Waals surface area contributed by atoms with Crippen LogP contribution in [0.1, 0.15) is 37.6 Å². The second-order valence-corrected chi connectivity index (χ2v) is 5.16. The van der Waals surface area contributed by atoms with E-state index in [0.29, 0.717) is 24.2 Å². The molecule has 5 heteroatoms. The first-order valence-corrected chi connectivity index (χ1v) is 7.17. The van der Waals surface area contributed by atoms with E-state index in [1.807, 2.05) is 35.1 Å². The second-order valence-electron chi connectivity index (χ2n) is 4.75. The van der Waals surface area contributed by atoms with Crippen LogP contribution in [0.4, 0.5) is 0 Å². The minimum absolute atomic E-state index is 0.357. The zero-order valence-corrected chi connectivity index (χ0v) is 12.6. The summed E-state index contributed by atoms with van der Waals surface area (Å²) in [7, 11) is 0. The lowest BCUT2D eigenvalue weighted by atomic mass is 10.2. The highest BCUT2D eigenvalue weighted by atomic mass is 35.5. The predicted octanol–water partition coefficient (Wildman–Crippen LogP) is 3.55. The fourth-order valence-electron chi connectivity index (χ4n) is 1.91. The van der Waals surface area contributed by atoms with Crippen molar-refractivity contribution in [3.05, 3.63) is 46.7 Å². The highest BCUT2D eigenvalue weighted by molar-refractivity contribution is 6.31. The van der Waals surface area contributed by atoms with Crippen molar-refractivity contribution < 1.29 is 4.74 Å². The van der Waals surface area contributed by atoms with Crippen LogP contribution in [0.2, 0.25) is 5.02 Å². The third kappa shape index (κ3) is 3.32. The normalized spacial score (nSPS) is 12.4. The molecule has 0 fully saturated rings. The molecule has 2 N–H and O–H groups in total. The van der Waals surface area contributed by atoms with Gasteiger partial charge >= 0.3 is 0 Å². The summed E-state index contributed by atoms with van der Waals surface area (Å²) in [5.41, 5.74) is 7.42. The molecule has 1 unspecified atom stereocenters. The van der Waals surface area contributed by atoms with Crippen molar-refractivity contribution in [1.82, 2.24) is 9.78 Å². The van der Waals surface area contributed by atoms with E-state index in [9.17, 15) is 0 Å². The van der Waals surface area contributed by atoms with Crippen LogP contribution in [-0.2, 0) is 13.2 Å². The molecule has 0 aliphatic heterocycles. The summed E-state index contributed by atoms with van der Waals surface area (Å²) < 4.78 is 7.74. The molecule has 0 saturated carbocycles. The molecule has 1 aromatic heterocycles. The zero-order valence-electron chi connectivity index (χ0n) is 11.8. The van der Waals surface area contributed by atoms with Crippen molar-refractivity contribution in [2.24, 2.45) is 5.73 Å². The largest absolute Gasteiger partial charge is 0.487 e. The first-order chi connectivity index (χ1) is 9.65. The lowest BCUT2D eigenvalue weighted by molar-refractivity contribution is 0.295. The van der Waals surface area contributed by atoms with Gasteiger partial charge in [0.05, 0.1) is 5.69 Å². The van der Waals surface area contributed by atoms with Gasteiger partial charge in [-0.25, -0.2) is 0 Å². The van der Waals surface area contributed by atoms with Crippen LogP contribution in [0.5, 0.6) is 5.75 Å². The van der Waals surface area contributed by atoms with Crippen LogP contribution < -0.4 is 10.5 Å². The van der Waals surface area contributed by atoms with Gasteiger partial charge in [0.1, 0.15) is 12.4 Å². The molecule has 0 spiro atoms. The number of hydrogen-bond acceptors (Lipinski definition) is 3. The summed E-state index contributed by atoms with van der Waals surface area (Å²) in [6, 6.07) is 7.91. The maximum absolute atomic E-state index is 6.10. The average Bonchev–Trinajstić information content (AvgIpc) is 2.93. The number of aromatic nitrogens is 2. The molecule has 2 aromatic rings. The van der Waals surface area contributed by atoms with Crippen molar-refractivity contribution >= 4 is 11.6 Å². The van der Waals surface area contributed by atoms with E-state index < -0.39 is 0 Å². The van der Waals surface area contributed by atoms with Crippen LogP contribution in [0, 0.1) is 0 Å². The van der Waals surface area contributed by atoms with Crippen molar-refractivity contribution in [1.29, 1.82) is 0 Å². The first-order valence-electron chi connectivity index (χ1n) is 6.80. The molecular weight excluding hydrogens is 274 g/mol. The van der Waals surface area contributed by atoms with Crippen LogP contribution in [0.15, 0.2) is 30.5 Å². The van der Waals surface area contributed by atoms with Crippen molar-refractivity contribution in [2.75, 3.05) is 0 Å². The van der Waals surface area contributed by atoms with E-state index in [4.69, 9.17) is 22.1 Å². The second kappa shape index (κ2) is 6.77. The van der Waals surface area contributed by atoms with Gasteiger partial charge in [0, 0.05) is 29.4 Å². The number of hydrogen-bond donors (Lipinski definition) is 1. The van der Waals surface area contributed by atoms with Gasteiger partial charge in [0.2, 0.25) is 0 Å². The Labute approximate surface area is 124 Å². The van der Waals surface area contributed by atoms with Gasteiger partial charge in [0.15, 0.2) is 0 Å². The Bertz CT molecular complexity index is 568. The molecule has 0 aliphatic carbocycles. The van der Waals surface area contributed by atoms with Crippen molar-refractivity contribution in [3.8, 4) is 5.75 Å². The summed E-state index contributed by atoms with van der Waals surface area (Å²) in [4.78, 5) is 0. The van der Waals surface area contributed by atoms with Crippen molar-refractivity contribution in [3.63, 3.8) is 0 Å². The fourth-order valence-corrected chi connectivity index (χ4v) is 2.15. The number of halogens is 1. The molecule has 1 heterocycles. The maximum Gasteiger partial charge on any atom is 0.132 e. The standard InChI is InChI=1S/C15H20ClN3O/c1-3-11(2)19-8-7-12(18-19)10-20-15-6-4-5-14(16)13(15)9-17/h4-8,11H,3,9-10,17H2,1-2H3. The van der Waals surface area contributed by atoms with Crippen LogP contribution in [0.3, 0.4) is 0 Å². The Kier molecular flexibility index (Phi) is 5.04. The fraction of sp³-hybridized carbons (Fsp3) is 0.400. The third-order valence-electron chi connectivity index (χ3n) is 3.36. The Hall–Kier alpha value is -1.52. The minimum Gasteiger partial charge on any atom is -0.487 e. The maximum atomic E-state index is 6.10. The van der Waals surface area contributed by atoms with Gasteiger partial charge in [-0.3, -0.25) is 4.68 Å². The Morgan fingerprint density at radius 2 is 2.20 bits per heavy atom. The third-order valence-corrected chi connectivity index (χ3v) is 3.72. The van der Waals surface area contributed by atoms with E-state index >= 15 is 0 Å². The number of nitrogens with zero attached hydrogens (tertiary/aromatic N) is 2. The van der Waals surface area contributed by atoms with E-state index in [-0.39, 0.29) is 0 Å². The first kappa shape index (κ1) is 14.9. The average molecular weight is 294 g/mol. The smallest absolute Gasteiger partial charge is 0.132 e. The summed E-state index contributed by atoms with van der Waals surface area (Å²) in [6.07, 6.45) is 3.03. The summed E-state index contributed by atoms with van der Waals surface area (Å²) in [5.74, 6) is 0.720. The van der Waals surface area contributed by atoms with Crippen LogP contribution in [0.25, 0.3) is 0 Å². The van der Waals surface area contributed by atoms with Crippen LogP contribution in [-0.4, -0.2) is 9.78 Å². The van der Waals surface area contributed by atoms with E-state index in [0.717, 1.165) is 23.4 Å². The van der Waals surface area contributed by atoms with Gasteiger partial charge in [-0.2, -0.15) is 5.10 Å². The molecule has 108 valence electrons. The molecule has 0 amide bonds. The molecule has 0 aliphatic rings. The zero-order chi connectivity index (χ0) is 14.5. The molecule has 1 aromatic carbocycles. The topological polar surface area (TPSA) is 53.1 Å². The van der Waals surface area contributed by atoms with Crippen LogP contribution >= 0.6 is 11.6 Å². The number of ether oxygens (including phenoxy) is 1. The molecule has 2 rings (SSSR count). The molecule has 20 heavy (non-hydrogen) atoms. The van der Waals surface area contributed by atoms with Gasteiger partial charge in [-0.05, 0) is 31.5 Å². The number of nitrogens with two attached hydrogens (primary N) is 1. The monoisotopic (exact) mass is 293 g/mol. The van der Waals surface area contributed by atoms with Crippen molar-refractivity contribution in [2.45, 2.75) is 39.5 Å². The Balaban J connectivity index is 2.05. The van der Waals surface area contributed by atoms with E-state index in [1.165, 1.54) is 0 Å². The molecule has 0 saturated heterocycles. The molecular formula is C15H20ClN3O. The number of rotatable bonds is 6. The molecule has 1 atom stereocenters. The summed E-state index contributed by atoms with van der Waals surface area (Å²) in [6.45, 7) is 5.05. The Morgan fingerprint density at radius 3 is 2.90 bits per heavy atom. The molecule has 4 nitrogen and oxygen atoms in total. The molecule has 0 radical (unpaired) electrons. The molecule has 0 bridgehead atoms. The van der Waals surface area contributed by atoms with Gasteiger partial charge < -0.3 is 10.5 Å². The SMILES string of the molecule is CCC(C)n1ccc(COc2cccc(Cl)c2CN)n1.